The van der Waals surface area contributed by atoms with Crippen molar-refractivity contribution in [1.82, 2.24) is 0 Å². The van der Waals surface area contributed by atoms with E-state index in [4.69, 9.17) is 0 Å². The molecule has 0 amide bonds. The molecular weight excluding hydrogens is 290 g/mol. The van der Waals surface area contributed by atoms with Crippen molar-refractivity contribution in [1.29, 1.82) is 0 Å². The molecule has 21 heavy (non-hydrogen) atoms. The number of hydrogen-bond acceptors (Lipinski definition) is 0. The molecule has 0 fully saturated rings. The third kappa shape index (κ3) is 3.24. The summed E-state index contributed by atoms with van der Waals surface area (Å²) in [4.78, 5) is -0.0656. The first-order valence-corrected chi connectivity index (χ1v) is 8.60. The predicted molar refractivity (Wildman–Crippen MR) is 97.8 cm³/mol. The van der Waals surface area contributed by atoms with E-state index in [1.54, 1.807) is 0 Å². The van der Waals surface area contributed by atoms with Gasteiger partial charge in [0.2, 0.25) is 0 Å². The maximum atomic E-state index is 3.11. The molecule has 0 saturated carbocycles. The highest BCUT2D eigenvalue weighted by Crippen LogP contribution is 2.51. The Labute approximate surface area is 130 Å². The Morgan fingerprint density at radius 3 is 1.38 bits per heavy atom. The minimum absolute atomic E-state index is 0.0656. The summed E-state index contributed by atoms with van der Waals surface area (Å²) >= 11 is 0. The Balaban J connectivity index is 2.07. The van der Waals surface area contributed by atoms with Crippen LogP contribution in [0.3, 0.4) is 0 Å². The van der Waals surface area contributed by atoms with Gasteiger partial charge in [-0.2, -0.15) is 0 Å². The van der Waals surface area contributed by atoms with Crippen molar-refractivity contribution in [2.45, 2.75) is 4.90 Å². The molecule has 0 bridgehead atoms. The molecule has 0 aliphatic rings. The molecule has 0 N–H and O–H groups in total. The number of hydrogen-bond donors (Lipinski definition) is 0. The van der Waals surface area contributed by atoms with Crippen LogP contribution in [0.2, 0.25) is 0 Å². The van der Waals surface area contributed by atoms with Gasteiger partial charge in [0.15, 0.2) is 0 Å². The van der Waals surface area contributed by atoms with Crippen molar-refractivity contribution in [2.24, 2.45) is 0 Å². The van der Waals surface area contributed by atoms with Crippen LogP contribution in [0, 0.1) is 0 Å². The molecule has 3 aromatic rings. The number of rotatable bonds is 4. The fourth-order valence-electron chi connectivity index (χ4n) is 2.46. The van der Waals surface area contributed by atoms with E-state index in [1.807, 2.05) is 0 Å². The zero-order valence-electron chi connectivity index (χ0n) is 11.7. The molecule has 2 atom stereocenters. The van der Waals surface area contributed by atoms with Gasteiger partial charge in [-0.3, -0.25) is 0 Å². The molecule has 0 saturated heterocycles. The standard InChI is InChI=1S/C19H18P2/c20-19(16-10-4-1-5-11-16,17-12-6-2-7-13-17)21-18-14-8-3-9-15-18/h1-15,21H,20H2. The largest absolute Gasteiger partial charge is 0.117 e. The van der Waals surface area contributed by atoms with E-state index >= 15 is 0 Å². The summed E-state index contributed by atoms with van der Waals surface area (Å²) in [6, 6.07) is 32.2. The van der Waals surface area contributed by atoms with Crippen LogP contribution in [0.4, 0.5) is 0 Å². The summed E-state index contributed by atoms with van der Waals surface area (Å²) in [5, 5.41) is 1.38. The van der Waals surface area contributed by atoms with Gasteiger partial charge >= 0.3 is 0 Å². The van der Waals surface area contributed by atoms with Gasteiger partial charge in [0.25, 0.3) is 0 Å². The predicted octanol–water partition coefficient (Wildman–Crippen LogP) is 4.77. The Kier molecular flexibility index (Phi) is 4.49. The monoisotopic (exact) mass is 308 g/mol. The fraction of sp³-hybridized carbons (Fsp3) is 0.0526. The summed E-state index contributed by atoms with van der Waals surface area (Å²) < 4.78 is 0. The van der Waals surface area contributed by atoms with Gasteiger partial charge in [-0.05, 0) is 16.4 Å². The summed E-state index contributed by atoms with van der Waals surface area (Å²) in [5.41, 5.74) is 2.67. The molecular formula is C19H18P2. The van der Waals surface area contributed by atoms with Crippen LogP contribution in [0.1, 0.15) is 11.1 Å². The molecule has 2 heteroatoms. The zero-order chi connectivity index (χ0) is 14.5. The fourth-order valence-corrected chi connectivity index (χ4v) is 4.78. The summed E-state index contributed by atoms with van der Waals surface area (Å²) in [5.74, 6) is 0. The molecule has 0 heterocycles. The average Bonchev–Trinajstić information content (AvgIpc) is 2.57. The molecule has 3 aromatic carbocycles. The summed E-state index contributed by atoms with van der Waals surface area (Å²) in [7, 11) is 3.77. The molecule has 0 aromatic heterocycles. The van der Waals surface area contributed by atoms with Crippen LogP contribution in [0.25, 0.3) is 0 Å². The van der Waals surface area contributed by atoms with Gasteiger partial charge in [0.05, 0.1) is 4.90 Å². The van der Waals surface area contributed by atoms with E-state index in [2.05, 4.69) is 100 Å². The highest BCUT2D eigenvalue weighted by atomic mass is 31.1. The van der Waals surface area contributed by atoms with Gasteiger partial charge < -0.3 is 0 Å². The van der Waals surface area contributed by atoms with Gasteiger partial charge in [0, 0.05) is 0 Å². The summed E-state index contributed by atoms with van der Waals surface area (Å²) in [6.45, 7) is 0. The minimum Gasteiger partial charge on any atom is -0.117 e. The Bertz CT molecular complexity index is 639. The molecule has 0 spiro atoms. The first-order chi connectivity index (χ1) is 10.3. The van der Waals surface area contributed by atoms with Crippen molar-refractivity contribution in [3.8, 4) is 0 Å². The molecule has 0 aliphatic heterocycles. The van der Waals surface area contributed by atoms with Gasteiger partial charge in [-0.25, -0.2) is 0 Å². The maximum Gasteiger partial charge on any atom is 0.0552 e. The van der Waals surface area contributed by atoms with Crippen LogP contribution < -0.4 is 5.30 Å². The normalized spacial score (nSPS) is 11.9. The second-order valence-electron chi connectivity index (χ2n) is 5.03. The average molecular weight is 308 g/mol. The number of benzene rings is 3. The maximum absolute atomic E-state index is 3.11. The topological polar surface area (TPSA) is 0 Å². The Morgan fingerprint density at radius 2 is 0.952 bits per heavy atom. The van der Waals surface area contributed by atoms with E-state index in [1.165, 1.54) is 16.4 Å². The van der Waals surface area contributed by atoms with Crippen LogP contribution in [0.15, 0.2) is 91.0 Å². The molecule has 3 rings (SSSR count). The second kappa shape index (κ2) is 6.52. The van der Waals surface area contributed by atoms with Crippen molar-refractivity contribution in [3.63, 3.8) is 0 Å². The smallest absolute Gasteiger partial charge is 0.0552 e. The first kappa shape index (κ1) is 14.5. The van der Waals surface area contributed by atoms with Crippen LogP contribution in [-0.4, -0.2) is 0 Å². The molecule has 104 valence electrons. The van der Waals surface area contributed by atoms with E-state index < -0.39 is 0 Å². The lowest BCUT2D eigenvalue weighted by atomic mass is 10.0. The van der Waals surface area contributed by atoms with Gasteiger partial charge in [-0.1, -0.05) is 99.6 Å². The first-order valence-electron chi connectivity index (χ1n) is 7.02. The lowest BCUT2D eigenvalue weighted by Crippen LogP contribution is -2.17. The van der Waals surface area contributed by atoms with Gasteiger partial charge in [-0.15, -0.1) is 9.24 Å². The van der Waals surface area contributed by atoms with E-state index in [-0.39, 0.29) is 4.90 Å². The van der Waals surface area contributed by atoms with Crippen molar-refractivity contribution >= 4 is 23.1 Å². The van der Waals surface area contributed by atoms with Crippen LogP contribution >= 0.6 is 17.8 Å². The van der Waals surface area contributed by atoms with Crippen LogP contribution in [-0.2, 0) is 4.90 Å². The quantitative estimate of drug-likeness (QED) is 0.609. The second-order valence-corrected chi connectivity index (χ2v) is 8.09. The minimum atomic E-state index is -0.0656. The lowest BCUT2D eigenvalue weighted by Gasteiger charge is -2.31. The van der Waals surface area contributed by atoms with Gasteiger partial charge in [0.1, 0.15) is 0 Å². The molecule has 2 unspecified atom stereocenters. The Hall–Kier alpha value is -1.48. The van der Waals surface area contributed by atoms with E-state index in [0.29, 0.717) is 8.58 Å². The third-order valence-electron chi connectivity index (χ3n) is 3.57. The SMILES string of the molecule is PC(Pc1ccccc1)(c1ccccc1)c1ccccc1. The molecule has 0 radical (unpaired) electrons. The zero-order valence-corrected chi connectivity index (χ0v) is 13.9. The van der Waals surface area contributed by atoms with Crippen molar-refractivity contribution in [3.05, 3.63) is 102 Å². The highest BCUT2D eigenvalue weighted by molar-refractivity contribution is 7.58. The van der Waals surface area contributed by atoms with E-state index in [0.717, 1.165) is 0 Å². The van der Waals surface area contributed by atoms with Crippen LogP contribution in [0.5, 0.6) is 0 Å². The third-order valence-corrected chi connectivity index (χ3v) is 6.27. The van der Waals surface area contributed by atoms with E-state index in [9.17, 15) is 0 Å². The van der Waals surface area contributed by atoms with Crippen molar-refractivity contribution in [2.75, 3.05) is 0 Å². The molecule has 0 aliphatic carbocycles. The highest BCUT2D eigenvalue weighted by Gasteiger charge is 2.29. The summed E-state index contributed by atoms with van der Waals surface area (Å²) in [6.07, 6.45) is 0. The molecule has 0 nitrogen and oxygen atoms in total. The Morgan fingerprint density at radius 1 is 0.571 bits per heavy atom. The lowest BCUT2D eigenvalue weighted by molar-refractivity contribution is 1.07. The van der Waals surface area contributed by atoms with Crippen molar-refractivity contribution < 1.29 is 0 Å².